The Hall–Kier alpha value is -2.06. The van der Waals surface area contributed by atoms with Gasteiger partial charge in [-0.25, -0.2) is 9.59 Å². The van der Waals surface area contributed by atoms with Crippen LogP contribution in [-0.2, 0) is 9.47 Å². The van der Waals surface area contributed by atoms with E-state index in [9.17, 15) is 19.8 Å². The van der Waals surface area contributed by atoms with Crippen LogP contribution in [0.4, 0.5) is 0 Å². The van der Waals surface area contributed by atoms with Gasteiger partial charge in [0.15, 0.2) is 11.4 Å². The van der Waals surface area contributed by atoms with E-state index in [-0.39, 0.29) is 35.4 Å². The molecule has 1 aliphatic carbocycles. The quantitative estimate of drug-likeness (QED) is 0.722. The Balaban J connectivity index is 2.70. The predicted molar refractivity (Wildman–Crippen MR) is 63.9 cm³/mol. The highest BCUT2D eigenvalue weighted by Crippen LogP contribution is 2.38. The van der Waals surface area contributed by atoms with E-state index in [4.69, 9.17) is 0 Å². The molecule has 0 saturated carbocycles. The van der Waals surface area contributed by atoms with Crippen molar-refractivity contribution in [1.29, 1.82) is 0 Å². The Morgan fingerprint density at radius 1 is 0.950 bits per heavy atom. The second-order valence-electron chi connectivity index (χ2n) is 4.32. The Morgan fingerprint density at radius 2 is 1.30 bits per heavy atom. The van der Waals surface area contributed by atoms with Crippen LogP contribution in [0, 0.1) is 0 Å². The third-order valence-corrected chi connectivity index (χ3v) is 3.19. The molecule has 1 aliphatic rings. The highest BCUT2D eigenvalue weighted by atomic mass is 16.5. The number of hydrogen-bond donors (Lipinski definition) is 2. The summed E-state index contributed by atoms with van der Waals surface area (Å²) in [5, 5.41) is 27.3. The van der Waals surface area contributed by atoms with Crippen molar-refractivity contribution in [3.05, 3.63) is 22.5 Å². The fourth-order valence-corrected chi connectivity index (χ4v) is 2.24. The van der Waals surface area contributed by atoms with Crippen LogP contribution in [0.2, 0.25) is 0 Å². The number of methoxy groups -OCH3 is 2. The highest BCUT2D eigenvalue weighted by Gasteiger charge is 2.36. The smallest absolute Gasteiger partial charge is 0.358 e. The molecule has 0 fully saturated rings. The fourth-order valence-electron chi connectivity index (χ4n) is 2.24. The first kappa shape index (κ1) is 14.4. The molecule has 0 saturated heterocycles. The van der Waals surface area contributed by atoms with E-state index in [0.717, 1.165) is 14.2 Å². The number of rotatable bonds is 2. The maximum Gasteiger partial charge on any atom is 0.358 e. The lowest BCUT2D eigenvalue weighted by molar-refractivity contribution is 0.0529. The molecule has 1 aromatic rings. The van der Waals surface area contributed by atoms with Gasteiger partial charge in [-0.05, 0) is 12.8 Å². The van der Waals surface area contributed by atoms with Crippen molar-refractivity contribution in [1.82, 2.24) is 10.2 Å². The molecule has 2 N–H and O–H groups in total. The maximum atomic E-state index is 11.7. The van der Waals surface area contributed by atoms with Crippen molar-refractivity contribution >= 4 is 11.9 Å². The average Bonchev–Trinajstić information content (AvgIpc) is 2.48. The van der Waals surface area contributed by atoms with Gasteiger partial charge in [-0.2, -0.15) is 0 Å². The largest absolute Gasteiger partial charge is 0.464 e. The second kappa shape index (κ2) is 5.51. The van der Waals surface area contributed by atoms with Gasteiger partial charge in [0.25, 0.3) is 0 Å². The standard InChI is InChI=1S/C12H14N2O6/c1-19-11(17)9-7-5(15)3-4-6(16)8(7)10(14-13-9)12(18)20-2/h5-6,15-16H,3-4H2,1-2H3/t5-,6+. The van der Waals surface area contributed by atoms with Gasteiger partial charge in [-0.15, -0.1) is 10.2 Å². The van der Waals surface area contributed by atoms with Crippen LogP contribution in [-0.4, -0.2) is 46.6 Å². The molecule has 8 heteroatoms. The molecule has 0 unspecified atom stereocenters. The predicted octanol–water partition coefficient (Wildman–Crippen LogP) is -0.0896. The topological polar surface area (TPSA) is 119 Å². The normalized spacial score (nSPS) is 21.0. The van der Waals surface area contributed by atoms with Gasteiger partial charge in [0.05, 0.1) is 26.4 Å². The zero-order valence-corrected chi connectivity index (χ0v) is 11.0. The summed E-state index contributed by atoms with van der Waals surface area (Å²) in [4.78, 5) is 23.3. The minimum absolute atomic E-state index is 0.0750. The van der Waals surface area contributed by atoms with E-state index in [0.29, 0.717) is 0 Å². The van der Waals surface area contributed by atoms with Crippen LogP contribution in [0.3, 0.4) is 0 Å². The number of carbonyl (C=O) groups is 2. The first-order valence-corrected chi connectivity index (χ1v) is 5.94. The molecule has 2 rings (SSSR count). The van der Waals surface area contributed by atoms with E-state index in [2.05, 4.69) is 19.7 Å². The summed E-state index contributed by atoms with van der Waals surface area (Å²) in [7, 11) is 2.33. The minimum atomic E-state index is -1.03. The number of carbonyl (C=O) groups excluding carboxylic acids is 2. The van der Waals surface area contributed by atoms with E-state index in [1.54, 1.807) is 0 Å². The van der Waals surface area contributed by atoms with Gasteiger partial charge in [-0.1, -0.05) is 0 Å². The fraction of sp³-hybridized carbons (Fsp3) is 0.500. The zero-order valence-electron chi connectivity index (χ0n) is 11.0. The summed E-state index contributed by atoms with van der Waals surface area (Å²) in [5.41, 5.74) is -0.264. The number of fused-ring (bicyclic) bond motifs is 1. The van der Waals surface area contributed by atoms with E-state index < -0.39 is 24.1 Å². The molecular formula is C12H14N2O6. The van der Waals surface area contributed by atoms with Crippen LogP contribution in [0.25, 0.3) is 0 Å². The second-order valence-corrected chi connectivity index (χ2v) is 4.32. The minimum Gasteiger partial charge on any atom is -0.464 e. The molecule has 0 aromatic carbocycles. The first-order chi connectivity index (χ1) is 9.51. The third kappa shape index (κ3) is 2.23. The Labute approximate surface area is 114 Å². The van der Waals surface area contributed by atoms with Gasteiger partial charge in [0, 0.05) is 11.1 Å². The summed E-state index contributed by atoms with van der Waals surface area (Å²) in [6, 6.07) is 0. The molecule has 0 spiro atoms. The van der Waals surface area contributed by atoms with Crippen LogP contribution in [0.15, 0.2) is 0 Å². The van der Waals surface area contributed by atoms with Crippen molar-refractivity contribution in [2.75, 3.05) is 14.2 Å². The monoisotopic (exact) mass is 282 g/mol. The van der Waals surface area contributed by atoms with Crippen molar-refractivity contribution < 1.29 is 29.3 Å². The number of aromatic nitrogens is 2. The molecule has 0 bridgehead atoms. The van der Waals surface area contributed by atoms with Crippen LogP contribution in [0.5, 0.6) is 0 Å². The van der Waals surface area contributed by atoms with Gasteiger partial charge in [0.2, 0.25) is 0 Å². The van der Waals surface area contributed by atoms with Crippen molar-refractivity contribution in [3.8, 4) is 0 Å². The SMILES string of the molecule is COC(=O)c1nnc(C(=O)OC)c2c1[C@H](O)CC[C@@H]2O. The Bertz CT molecular complexity index is 510. The van der Waals surface area contributed by atoms with Gasteiger partial charge >= 0.3 is 11.9 Å². The molecule has 0 amide bonds. The number of aliphatic hydroxyl groups excluding tert-OH is 2. The van der Waals surface area contributed by atoms with Gasteiger partial charge in [-0.3, -0.25) is 0 Å². The summed E-state index contributed by atoms with van der Waals surface area (Å²) in [6.45, 7) is 0. The Kier molecular flexibility index (Phi) is 3.96. The Morgan fingerprint density at radius 3 is 1.60 bits per heavy atom. The third-order valence-electron chi connectivity index (χ3n) is 3.19. The van der Waals surface area contributed by atoms with Crippen LogP contribution in [0.1, 0.15) is 57.2 Å². The summed E-state index contributed by atoms with van der Waals surface area (Å²) in [5.74, 6) is -1.59. The summed E-state index contributed by atoms with van der Waals surface area (Å²) < 4.78 is 9.12. The number of nitrogens with zero attached hydrogens (tertiary/aromatic N) is 2. The van der Waals surface area contributed by atoms with Crippen molar-refractivity contribution in [2.45, 2.75) is 25.0 Å². The lowest BCUT2D eigenvalue weighted by Gasteiger charge is -2.27. The zero-order chi connectivity index (χ0) is 14.9. The molecule has 8 nitrogen and oxygen atoms in total. The van der Waals surface area contributed by atoms with Crippen molar-refractivity contribution in [2.24, 2.45) is 0 Å². The van der Waals surface area contributed by atoms with Crippen LogP contribution < -0.4 is 0 Å². The molecule has 0 aliphatic heterocycles. The number of aliphatic hydroxyl groups is 2. The summed E-state index contributed by atoms with van der Waals surface area (Å²) in [6.07, 6.45) is -1.57. The molecule has 2 atom stereocenters. The molecular weight excluding hydrogens is 268 g/mol. The number of hydrogen-bond acceptors (Lipinski definition) is 8. The van der Waals surface area contributed by atoms with E-state index in [1.165, 1.54) is 0 Å². The van der Waals surface area contributed by atoms with E-state index in [1.807, 2.05) is 0 Å². The molecule has 20 heavy (non-hydrogen) atoms. The number of esters is 2. The lowest BCUT2D eigenvalue weighted by atomic mass is 9.85. The molecule has 0 radical (unpaired) electrons. The number of ether oxygens (including phenoxy) is 2. The van der Waals surface area contributed by atoms with Gasteiger partial charge in [0.1, 0.15) is 0 Å². The highest BCUT2D eigenvalue weighted by molar-refractivity contribution is 5.93. The van der Waals surface area contributed by atoms with Crippen molar-refractivity contribution in [3.63, 3.8) is 0 Å². The first-order valence-electron chi connectivity index (χ1n) is 5.94. The summed E-state index contributed by atoms with van der Waals surface area (Å²) >= 11 is 0. The molecule has 108 valence electrons. The maximum absolute atomic E-state index is 11.7. The van der Waals surface area contributed by atoms with E-state index >= 15 is 0 Å². The average molecular weight is 282 g/mol. The molecule has 1 aromatic heterocycles. The lowest BCUT2D eigenvalue weighted by Crippen LogP contribution is -2.25. The van der Waals surface area contributed by atoms with Crippen LogP contribution >= 0.6 is 0 Å². The molecule has 1 heterocycles. The van der Waals surface area contributed by atoms with Gasteiger partial charge < -0.3 is 19.7 Å².